The van der Waals surface area contributed by atoms with E-state index in [1.165, 1.54) is 31.5 Å². The van der Waals surface area contributed by atoms with E-state index in [1.807, 2.05) is 6.92 Å². The number of carbonyl (C=O) groups is 1. The monoisotopic (exact) mass is 368 g/mol. The smallest absolute Gasteiger partial charge is 0.257 e. The average Bonchev–Trinajstić information content (AvgIpc) is 2.96. The molecule has 0 aliphatic carbocycles. The Balaban J connectivity index is 2.40. The summed E-state index contributed by atoms with van der Waals surface area (Å²) in [4.78, 5) is 12.6. The van der Waals surface area contributed by atoms with Gasteiger partial charge in [-0.15, -0.1) is 10.2 Å². The van der Waals surface area contributed by atoms with Crippen LogP contribution in [0.2, 0.25) is 0 Å². The van der Waals surface area contributed by atoms with E-state index in [4.69, 9.17) is 0 Å². The summed E-state index contributed by atoms with van der Waals surface area (Å²) in [5.74, 6) is -0.410. The Hall–Kier alpha value is -1.84. The SMILES string of the molecule is CCc1nnc(NC(=O)c2cc(C)c(C)c(S(=O)(=O)N(C)C)c2)s1. The van der Waals surface area contributed by atoms with Crippen LogP contribution >= 0.6 is 11.3 Å². The van der Waals surface area contributed by atoms with Gasteiger partial charge in [-0.25, -0.2) is 12.7 Å². The van der Waals surface area contributed by atoms with Crippen LogP contribution in [0.4, 0.5) is 5.13 Å². The van der Waals surface area contributed by atoms with Crippen molar-refractivity contribution in [3.05, 3.63) is 33.8 Å². The van der Waals surface area contributed by atoms with Crippen LogP contribution in [-0.4, -0.2) is 42.9 Å². The molecule has 24 heavy (non-hydrogen) atoms. The van der Waals surface area contributed by atoms with Crippen molar-refractivity contribution in [2.75, 3.05) is 19.4 Å². The van der Waals surface area contributed by atoms with Gasteiger partial charge in [-0.05, 0) is 43.5 Å². The second-order valence-electron chi connectivity index (χ2n) is 5.51. The fourth-order valence-corrected chi connectivity index (χ4v) is 3.93. The Morgan fingerprint density at radius 3 is 2.46 bits per heavy atom. The molecule has 0 saturated carbocycles. The molecule has 1 aromatic heterocycles. The van der Waals surface area contributed by atoms with Crippen molar-refractivity contribution in [3.63, 3.8) is 0 Å². The lowest BCUT2D eigenvalue weighted by atomic mass is 10.1. The van der Waals surface area contributed by atoms with E-state index in [9.17, 15) is 13.2 Å². The number of hydrogen-bond acceptors (Lipinski definition) is 6. The van der Waals surface area contributed by atoms with Gasteiger partial charge in [0, 0.05) is 19.7 Å². The largest absolute Gasteiger partial charge is 0.296 e. The maximum absolute atomic E-state index is 12.5. The quantitative estimate of drug-likeness (QED) is 0.873. The first-order valence-electron chi connectivity index (χ1n) is 7.34. The first-order chi connectivity index (χ1) is 11.2. The van der Waals surface area contributed by atoms with Crippen molar-refractivity contribution >= 4 is 32.4 Å². The van der Waals surface area contributed by atoms with Crippen LogP contribution in [-0.2, 0) is 16.4 Å². The molecule has 1 N–H and O–H groups in total. The number of anilines is 1. The Kier molecular flexibility index (Phi) is 5.36. The molecule has 130 valence electrons. The van der Waals surface area contributed by atoms with Gasteiger partial charge in [0.1, 0.15) is 5.01 Å². The Morgan fingerprint density at radius 2 is 1.92 bits per heavy atom. The molecule has 0 aliphatic heterocycles. The Labute approximate surface area is 145 Å². The third-order valence-electron chi connectivity index (χ3n) is 3.63. The van der Waals surface area contributed by atoms with Crippen molar-refractivity contribution in [2.45, 2.75) is 32.1 Å². The minimum atomic E-state index is -3.63. The number of nitrogens with one attached hydrogen (secondary N) is 1. The molecule has 0 radical (unpaired) electrons. The number of nitrogens with zero attached hydrogens (tertiary/aromatic N) is 3. The highest BCUT2D eigenvalue weighted by Gasteiger charge is 2.23. The van der Waals surface area contributed by atoms with E-state index in [0.29, 0.717) is 10.7 Å². The molecule has 0 saturated heterocycles. The van der Waals surface area contributed by atoms with E-state index in [0.717, 1.165) is 21.3 Å². The first-order valence-corrected chi connectivity index (χ1v) is 9.60. The van der Waals surface area contributed by atoms with Gasteiger partial charge in [-0.3, -0.25) is 10.1 Å². The van der Waals surface area contributed by atoms with Crippen LogP contribution in [0.3, 0.4) is 0 Å². The number of rotatable bonds is 5. The van der Waals surface area contributed by atoms with Crippen LogP contribution in [0, 0.1) is 13.8 Å². The van der Waals surface area contributed by atoms with Gasteiger partial charge in [0.05, 0.1) is 4.90 Å². The Bertz CT molecular complexity index is 873. The minimum Gasteiger partial charge on any atom is -0.296 e. The fraction of sp³-hybridized carbons (Fsp3) is 0.400. The summed E-state index contributed by atoms with van der Waals surface area (Å²) in [5, 5.41) is 11.7. The van der Waals surface area contributed by atoms with Crippen LogP contribution in [0.1, 0.15) is 33.4 Å². The van der Waals surface area contributed by atoms with E-state index in [-0.39, 0.29) is 10.5 Å². The Morgan fingerprint density at radius 1 is 1.25 bits per heavy atom. The van der Waals surface area contributed by atoms with Crippen molar-refractivity contribution in [3.8, 4) is 0 Å². The summed E-state index contributed by atoms with van der Waals surface area (Å²) in [5.41, 5.74) is 1.63. The topological polar surface area (TPSA) is 92.3 Å². The lowest BCUT2D eigenvalue weighted by molar-refractivity contribution is 0.102. The maximum Gasteiger partial charge on any atom is 0.257 e. The maximum atomic E-state index is 12.5. The highest BCUT2D eigenvalue weighted by Crippen LogP contribution is 2.24. The lowest BCUT2D eigenvalue weighted by Gasteiger charge is -2.16. The number of amides is 1. The highest BCUT2D eigenvalue weighted by molar-refractivity contribution is 7.89. The fourth-order valence-electron chi connectivity index (χ4n) is 2.04. The highest BCUT2D eigenvalue weighted by atomic mass is 32.2. The summed E-state index contributed by atoms with van der Waals surface area (Å²) in [6.07, 6.45) is 0.738. The first kappa shape index (κ1) is 18.5. The zero-order valence-electron chi connectivity index (χ0n) is 14.2. The van der Waals surface area contributed by atoms with Crippen molar-refractivity contribution in [1.82, 2.24) is 14.5 Å². The number of aryl methyl sites for hydroxylation is 2. The van der Waals surface area contributed by atoms with Crippen LogP contribution in [0.5, 0.6) is 0 Å². The van der Waals surface area contributed by atoms with Gasteiger partial charge in [-0.1, -0.05) is 18.3 Å². The molecule has 2 rings (SSSR count). The number of benzene rings is 1. The number of carbonyl (C=O) groups excluding carboxylic acids is 1. The van der Waals surface area contributed by atoms with E-state index >= 15 is 0 Å². The third kappa shape index (κ3) is 3.63. The molecule has 0 aliphatic rings. The van der Waals surface area contributed by atoms with Gasteiger partial charge in [0.15, 0.2) is 0 Å². The molecule has 1 heterocycles. The molecule has 1 aromatic carbocycles. The van der Waals surface area contributed by atoms with Crippen LogP contribution < -0.4 is 5.32 Å². The average molecular weight is 368 g/mol. The van der Waals surface area contributed by atoms with Crippen molar-refractivity contribution < 1.29 is 13.2 Å². The molecule has 0 spiro atoms. The second kappa shape index (κ2) is 6.96. The summed E-state index contributed by atoms with van der Waals surface area (Å²) in [6, 6.07) is 3.07. The van der Waals surface area contributed by atoms with Gasteiger partial charge < -0.3 is 0 Å². The van der Waals surface area contributed by atoms with Crippen molar-refractivity contribution in [1.29, 1.82) is 0 Å². The number of aromatic nitrogens is 2. The molecule has 2 aromatic rings. The molecule has 1 amide bonds. The van der Waals surface area contributed by atoms with Gasteiger partial charge in [0.2, 0.25) is 15.2 Å². The molecular formula is C15H20N4O3S2. The standard InChI is InChI=1S/C15H20N4O3S2/c1-6-13-17-18-15(23-13)16-14(20)11-7-9(2)10(3)12(8-11)24(21,22)19(4)5/h7-8H,6H2,1-5H3,(H,16,18,20). The predicted octanol–water partition coefficient (Wildman–Crippen LogP) is 2.22. The molecule has 0 atom stereocenters. The van der Waals surface area contributed by atoms with Crippen LogP contribution in [0.15, 0.2) is 17.0 Å². The van der Waals surface area contributed by atoms with E-state index in [2.05, 4.69) is 15.5 Å². The van der Waals surface area contributed by atoms with Gasteiger partial charge >= 0.3 is 0 Å². The molecule has 0 fully saturated rings. The summed E-state index contributed by atoms with van der Waals surface area (Å²) < 4.78 is 26.0. The molecular weight excluding hydrogens is 348 g/mol. The normalized spacial score (nSPS) is 11.8. The molecule has 0 unspecified atom stereocenters. The van der Waals surface area contributed by atoms with Crippen LogP contribution in [0.25, 0.3) is 0 Å². The number of hydrogen-bond donors (Lipinski definition) is 1. The molecule has 0 bridgehead atoms. The van der Waals surface area contributed by atoms with E-state index < -0.39 is 15.9 Å². The summed E-state index contributed by atoms with van der Waals surface area (Å²) in [7, 11) is -0.705. The van der Waals surface area contributed by atoms with Gasteiger partial charge in [-0.2, -0.15) is 0 Å². The number of sulfonamides is 1. The second-order valence-corrected chi connectivity index (χ2v) is 8.69. The van der Waals surface area contributed by atoms with Crippen molar-refractivity contribution in [2.24, 2.45) is 0 Å². The zero-order chi connectivity index (χ0) is 18.1. The third-order valence-corrected chi connectivity index (χ3v) is 6.55. The lowest BCUT2D eigenvalue weighted by Crippen LogP contribution is -2.24. The van der Waals surface area contributed by atoms with E-state index in [1.54, 1.807) is 19.9 Å². The predicted molar refractivity (Wildman–Crippen MR) is 94.0 cm³/mol. The molecule has 7 nitrogen and oxygen atoms in total. The summed E-state index contributed by atoms with van der Waals surface area (Å²) >= 11 is 1.30. The van der Waals surface area contributed by atoms with Gasteiger partial charge in [0.25, 0.3) is 5.91 Å². The zero-order valence-corrected chi connectivity index (χ0v) is 15.9. The minimum absolute atomic E-state index is 0.129. The summed E-state index contributed by atoms with van der Waals surface area (Å²) in [6.45, 7) is 5.46. The molecule has 9 heteroatoms.